The smallest absolute Gasteiger partial charge is 0.231 e. The van der Waals surface area contributed by atoms with Crippen molar-refractivity contribution in [2.75, 3.05) is 6.79 Å². The van der Waals surface area contributed by atoms with Crippen LogP contribution < -0.4 is 9.47 Å². The van der Waals surface area contributed by atoms with Crippen LogP contribution in [0.25, 0.3) is 0 Å². The molecule has 2 unspecified atom stereocenters. The zero-order valence-corrected chi connectivity index (χ0v) is 17.6. The van der Waals surface area contributed by atoms with Crippen LogP contribution in [0.5, 0.6) is 11.5 Å². The van der Waals surface area contributed by atoms with Crippen molar-refractivity contribution < 1.29 is 29.0 Å². The number of fused-ring (bicyclic) bond motifs is 1. The second-order valence-electron chi connectivity index (χ2n) is 8.34. The molecule has 2 atom stereocenters. The van der Waals surface area contributed by atoms with E-state index in [0.29, 0.717) is 13.2 Å². The number of hydrogen-bond donors (Lipinski definition) is 1. The lowest BCUT2D eigenvalue weighted by Gasteiger charge is -2.22. The van der Waals surface area contributed by atoms with E-state index in [4.69, 9.17) is 9.47 Å². The molecule has 1 aliphatic heterocycles. The Morgan fingerprint density at radius 1 is 0.933 bits per heavy atom. The summed E-state index contributed by atoms with van der Waals surface area (Å²) in [6, 6.07) is 6.15. The molecule has 1 fully saturated rings. The van der Waals surface area contributed by atoms with Gasteiger partial charge in [-0.3, -0.25) is 14.4 Å². The second-order valence-corrected chi connectivity index (χ2v) is 8.34. The molecule has 1 aromatic carbocycles. The molecule has 1 saturated carbocycles. The molecular formula is C24H32O6. The van der Waals surface area contributed by atoms with Crippen LogP contribution in [0.4, 0.5) is 0 Å². The van der Waals surface area contributed by atoms with Crippen LogP contribution in [0.2, 0.25) is 0 Å². The molecule has 6 nitrogen and oxygen atoms in total. The van der Waals surface area contributed by atoms with Crippen molar-refractivity contribution >= 4 is 17.3 Å². The fourth-order valence-electron chi connectivity index (χ4n) is 4.18. The first-order valence-electron chi connectivity index (χ1n) is 11.2. The van der Waals surface area contributed by atoms with Gasteiger partial charge in [0.15, 0.2) is 28.8 Å². The molecule has 2 aliphatic rings. The predicted octanol–water partition coefficient (Wildman–Crippen LogP) is 3.95. The summed E-state index contributed by atoms with van der Waals surface area (Å²) in [5, 5.41) is 9.58. The van der Waals surface area contributed by atoms with E-state index in [1.54, 1.807) is 0 Å². The zero-order chi connectivity index (χ0) is 21.3. The van der Waals surface area contributed by atoms with E-state index in [-0.39, 0.29) is 30.8 Å². The van der Waals surface area contributed by atoms with Crippen molar-refractivity contribution in [1.82, 2.24) is 0 Å². The van der Waals surface area contributed by atoms with Crippen LogP contribution in [0.1, 0.15) is 76.2 Å². The van der Waals surface area contributed by atoms with Crippen molar-refractivity contribution in [1.29, 1.82) is 0 Å². The largest absolute Gasteiger partial charge is 0.454 e. The van der Waals surface area contributed by atoms with Crippen molar-refractivity contribution in [3.63, 3.8) is 0 Å². The predicted molar refractivity (Wildman–Crippen MR) is 112 cm³/mol. The van der Waals surface area contributed by atoms with E-state index in [1.807, 2.05) is 6.07 Å². The highest BCUT2D eigenvalue weighted by molar-refractivity contribution is 6.21. The third kappa shape index (κ3) is 6.14. The van der Waals surface area contributed by atoms with Crippen LogP contribution in [0.3, 0.4) is 0 Å². The van der Waals surface area contributed by atoms with Gasteiger partial charge in [-0.2, -0.15) is 0 Å². The van der Waals surface area contributed by atoms with E-state index in [1.165, 1.54) is 24.8 Å². The maximum Gasteiger partial charge on any atom is 0.231 e. The van der Waals surface area contributed by atoms with E-state index >= 15 is 0 Å². The minimum Gasteiger partial charge on any atom is -0.454 e. The first-order valence-corrected chi connectivity index (χ1v) is 11.2. The summed E-state index contributed by atoms with van der Waals surface area (Å²) < 4.78 is 10.7. The maximum absolute atomic E-state index is 12.2. The van der Waals surface area contributed by atoms with Crippen molar-refractivity contribution in [2.45, 2.75) is 83.2 Å². The van der Waals surface area contributed by atoms with E-state index < -0.39 is 17.8 Å². The van der Waals surface area contributed by atoms with Crippen LogP contribution >= 0.6 is 0 Å². The average Bonchev–Trinajstić information content (AvgIpc) is 3.20. The summed E-state index contributed by atoms with van der Waals surface area (Å²) in [5.41, 5.74) is 1.28. The number of hydrogen-bond acceptors (Lipinski definition) is 6. The van der Waals surface area contributed by atoms with Gasteiger partial charge in [0.1, 0.15) is 12.0 Å². The fourth-order valence-corrected chi connectivity index (χ4v) is 4.18. The number of aliphatic hydroxyl groups excluding tert-OH is 1. The topological polar surface area (TPSA) is 89.9 Å². The molecule has 0 saturated heterocycles. The summed E-state index contributed by atoms with van der Waals surface area (Å²) in [4.78, 5) is 35.9. The fraction of sp³-hybridized carbons (Fsp3) is 0.625. The van der Waals surface area contributed by atoms with Gasteiger partial charge in [-0.25, -0.2) is 0 Å². The van der Waals surface area contributed by atoms with Gasteiger partial charge < -0.3 is 14.6 Å². The Kier molecular flexibility index (Phi) is 8.43. The van der Waals surface area contributed by atoms with Crippen LogP contribution in [-0.2, 0) is 20.8 Å². The first kappa shape index (κ1) is 22.5. The number of aryl methyl sites for hydroxylation is 1. The number of unbranched alkanes of at least 4 members (excludes halogenated alkanes) is 7. The number of Topliss-reactive ketones (excluding diaryl/α,β-unsaturated/α-hetero) is 3. The third-order valence-electron chi connectivity index (χ3n) is 6.00. The van der Waals surface area contributed by atoms with Crippen molar-refractivity contribution in [3.05, 3.63) is 23.8 Å². The SMILES string of the molecule is O=C(CCCCCCCCCCc1ccc2c(c1)OCO2)C1C(=O)CCC(O)C1=O. The van der Waals surface area contributed by atoms with Crippen LogP contribution in [-0.4, -0.2) is 35.4 Å². The highest BCUT2D eigenvalue weighted by Crippen LogP contribution is 2.33. The van der Waals surface area contributed by atoms with Crippen molar-refractivity contribution in [2.24, 2.45) is 5.92 Å². The molecule has 30 heavy (non-hydrogen) atoms. The summed E-state index contributed by atoms with van der Waals surface area (Å²) in [7, 11) is 0. The lowest BCUT2D eigenvalue weighted by Crippen LogP contribution is -2.43. The molecule has 0 spiro atoms. The van der Waals surface area contributed by atoms with Crippen LogP contribution in [0.15, 0.2) is 18.2 Å². The molecule has 0 aromatic heterocycles. The van der Waals surface area contributed by atoms with Gasteiger partial charge in [-0.15, -0.1) is 0 Å². The molecule has 0 bridgehead atoms. The minimum absolute atomic E-state index is 0.123. The number of ketones is 3. The second kappa shape index (κ2) is 11.3. The molecule has 3 rings (SSSR count). The highest BCUT2D eigenvalue weighted by Gasteiger charge is 2.40. The maximum atomic E-state index is 12.2. The Hall–Kier alpha value is -2.21. The van der Waals surface area contributed by atoms with Crippen LogP contribution in [0, 0.1) is 5.92 Å². The van der Waals surface area contributed by atoms with Gasteiger partial charge in [-0.05, 0) is 43.4 Å². The third-order valence-corrected chi connectivity index (χ3v) is 6.00. The summed E-state index contributed by atoms with van der Waals surface area (Å²) in [5.74, 6) is -0.770. The van der Waals surface area contributed by atoms with E-state index in [0.717, 1.165) is 43.6 Å². The van der Waals surface area contributed by atoms with Gasteiger partial charge in [0.25, 0.3) is 0 Å². The molecule has 0 amide bonds. The molecule has 1 heterocycles. The lowest BCUT2D eigenvalue weighted by atomic mass is 9.81. The zero-order valence-electron chi connectivity index (χ0n) is 17.6. The summed E-state index contributed by atoms with van der Waals surface area (Å²) in [6.07, 6.45) is 8.99. The Bertz CT molecular complexity index is 756. The summed E-state index contributed by atoms with van der Waals surface area (Å²) >= 11 is 0. The number of carbonyl (C=O) groups is 3. The molecule has 1 aromatic rings. The lowest BCUT2D eigenvalue weighted by molar-refractivity contribution is -0.147. The monoisotopic (exact) mass is 416 g/mol. The number of carbonyl (C=O) groups excluding carboxylic acids is 3. The molecule has 1 aliphatic carbocycles. The molecule has 164 valence electrons. The normalized spacial score (nSPS) is 20.6. The van der Waals surface area contributed by atoms with Gasteiger partial charge >= 0.3 is 0 Å². The van der Waals surface area contributed by atoms with Gasteiger partial charge in [0.2, 0.25) is 6.79 Å². The van der Waals surface area contributed by atoms with Gasteiger partial charge in [0.05, 0.1) is 0 Å². The standard InChI is InChI=1S/C24H32O6/c25-18(23-19(26)12-13-20(27)24(23)28)10-8-6-4-2-1-3-5-7-9-17-11-14-21-22(15-17)30-16-29-21/h11,14-15,20,23,27H,1-10,12-13,16H2. The Labute approximate surface area is 177 Å². The highest BCUT2D eigenvalue weighted by atomic mass is 16.7. The average molecular weight is 417 g/mol. The van der Waals surface area contributed by atoms with Crippen molar-refractivity contribution in [3.8, 4) is 11.5 Å². The van der Waals surface area contributed by atoms with E-state index in [2.05, 4.69) is 12.1 Å². The molecule has 6 heteroatoms. The van der Waals surface area contributed by atoms with E-state index in [9.17, 15) is 19.5 Å². The quantitative estimate of drug-likeness (QED) is 0.410. The van der Waals surface area contributed by atoms with Gasteiger partial charge in [0, 0.05) is 12.8 Å². The molecular weight excluding hydrogens is 384 g/mol. The Morgan fingerprint density at radius 2 is 1.60 bits per heavy atom. The molecule has 1 N–H and O–H groups in total. The van der Waals surface area contributed by atoms with Gasteiger partial charge in [-0.1, -0.05) is 44.6 Å². The Morgan fingerprint density at radius 3 is 2.37 bits per heavy atom. The number of benzene rings is 1. The number of ether oxygens (including phenoxy) is 2. The Balaban J connectivity index is 1.19. The first-order chi connectivity index (χ1) is 14.6. The molecule has 0 radical (unpaired) electrons. The number of aliphatic hydroxyl groups is 1. The summed E-state index contributed by atoms with van der Waals surface area (Å²) in [6.45, 7) is 0.312. The number of rotatable bonds is 12. The minimum atomic E-state index is -1.21.